The highest BCUT2D eigenvalue weighted by Crippen LogP contribution is 2.28. The molecule has 3 N–H and O–H groups in total. The molecular weight excluding hydrogens is 156 g/mol. The van der Waals surface area contributed by atoms with E-state index < -0.39 is 0 Å². The lowest BCUT2D eigenvalue weighted by Gasteiger charge is -2.34. The van der Waals surface area contributed by atoms with Crippen molar-refractivity contribution in [1.82, 2.24) is 5.32 Å². The highest BCUT2D eigenvalue weighted by Gasteiger charge is 2.29. The smallest absolute Gasteiger partial charge is 0.243 e. The predicted octanol–water partition coefficient (Wildman–Crippen LogP) is -0.514. The molecule has 0 saturated heterocycles. The first-order valence-electron chi connectivity index (χ1n) is 4.27. The van der Waals surface area contributed by atoms with E-state index in [1.165, 1.54) is 0 Å². The van der Waals surface area contributed by atoms with Crippen LogP contribution in [-0.2, 0) is 9.53 Å². The first-order valence-corrected chi connectivity index (χ1v) is 4.27. The Bertz CT molecular complexity index is 155. The predicted molar refractivity (Wildman–Crippen MR) is 45.6 cm³/mol. The zero-order chi connectivity index (χ0) is 8.97. The van der Waals surface area contributed by atoms with Crippen molar-refractivity contribution in [3.8, 4) is 0 Å². The summed E-state index contributed by atoms with van der Waals surface area (Å²) in [5, 5.41) is 3.11. The molecule has 0 aliphatic heterocycles. The lowest BCUT2D eigenvalue weighted by Crippen LogP contribution is -2.38. The molecule has 0 spiro atoms. The molecular formula is C8H16N2O2. The second-order valence-electron chi connectivity index (χ2n) is 3.29. The van der Waals surface area contributed by atoms with Gasteiger partial charge in [0.1, 0.15) is 6.61 Å². The minimum Gasteiger partial charge on any atom is -0.368 e. The number of carbonyl (C=O) groups is 1. The minimum atomic E-state index is -0.382. The van der Waals surface area contributed by atoms with E-state index in [1.54, 1.807) is 0 Å². The van der Waals surface area contributed by atoms with E-state index in [9.17, 15) is 4.79 Å². The molecule has 12 heavy (non-hydrogen) atoms. The third-order valence-electron chi connectivity index (χ3n) is 2.15. The van der Waals surface area contributed by atoms with Gasteiger partial charge in [-0.1, -0.05) is 0 Å². The van der Waals surface area contributed by atoms with Crippen LogP contribution in [0, 0.1) is 5.92 Å². The Morgan fingerprint density at radius 1 is 1.67 bits per heavy atom. The molecule has 1 amide bonds. The fourth-order valence-electron chi connectivity index (χ4n) is 1.47. The van der Waals surface area contributed by atoms with Crippen molar-refractivity contribution in [2.45, 2.75) is 18.9 Å². The van der Waals surface area contributed by atoms with E-state index in [4.69, 9.17) is 10.5 Å². The van der Waals surface area contributed by atoms with Crippen LogP contribution < -0.4 is 11.1 Å². The van der Waals surface area contributed by atoms with E-state index in [0.717, 1.165) is 19.4 Å². The number of nitrogens with one attached hydrogen (secondary N) is 1. The summed E-state index contributed by atoms with van der Waals surface area (Å²) in [4.78, 5) is 10.3. The van der Waals surface area contributed by atoms with Gasteiger partial charge in [-0.3, -0.25) is 4.79 Å². The second-order valence-corrected chi connectivity index (χ2v) is 3.29. The van der Waals surface area contributed by atoms with Gasteiger partial charge in [0.05, 0.1) is 6.10 Å². The zero-order valence-corrected chi connectivity index (χ0v) is 7.38. The standard InChI is InChI=1S/C8H16N2O2/c1-10-4-6-2-7(3-6)12-5-8(9)11/h6-7,10H,2-5H2,1H3,(H2,9,11). The largest absolute Gasteiger partial charge is 0.368 e. The fourth-order valence-corrected chi connectivity index (χ4v) is 1.47. The number of ether oxygens (including phenoxy) is 1. The average molecular weight is 172 g/mol. The zero-order valence-electron chi connectivity index (χ0n) is 7.38. The maximum atomic E-state index is 10.3. The normalized spacial score (nSPS) is 28.1. The topological polar surface area (TPSA) is 64.3 Å². The quantitative estimate of drug-likeness (QED) is 0.587. The van der Waals surface area contributed by atoms with E-state index >= 15 is 0 Å². The third kappa shape index (κ3) is 2.79. The molecule has 1 aliphatic rings. The number of hydrogen-bond acceptors (Lipinski definition) is 3. The highest BCUT2D eigenvalue weighted by atomic mass is 16.5. The number of amides is 1. The van der Waals surface area contributed by atoms with Gasteiger partial charge >= 0.3 is 0 Å². The lowest BCUT2D eigenvalue weighted by molar-refractivity contribution is -0.127. The van der Waals surface area contributed by atoms with Crippen molar-refractivity contribution in [1.29, 1.82) is 0 Å². The van der Waals surface area contributed by atoms with Gasteiger partial charge in [-0.05, 0) is 32.4 Å². The molecule has 0 radical (unpaired) electrons. The highest BCUT2D eigenvalue weighted by molar-refractivity contribution is 5.75. The van der Waals surface area contributed by atoms with Crippen LogP contribution >= 0.6 is 0 Å². The molecule has 0 bridgehead atoms. The van der Waals surface area contributed by atoms with Crippen molar-refractivity contribution < 1.29 is 9.53 Å². The number of hydrogen-bond donors (Lipinski definition) is 2. The van der Waals surface area contributed by atoms with Gasteiger partial charge in [-0.25, -0.2) is 0 Å². The summed E-state index contributed by atoms with van der Waals surface area (Å²) in [5.41, 5.74) is 4.94. The number of rotatable bonds is 5. The second kappa shape index (κ2) is 4.42. The molecule has 1 saturated carbocycles. The first-order chi connectivity index (χ1) is 5.72. The van der Waals surface area contributed by atoms with E-state index in [1.807, 2.05) is 7.05 Å². The van der Waals surface area contributed by atoms with Crippen molar-refractivity contribution in [2.75, 3.05) is 20.2 Å². The molecule has 0 atom stereocenters. The average Bonchev–Trinajstić information content (AvgIpc) is 1.93. The first kappa shape index (κ1) is 9.48. The van der Waals surface area contributed by atoms with Gasteiger partial charge < -0.3 is 15.8 Å². The molecule has 0 aromatic carbocycles. The molecule has 4 nitrogen and oxygen atoms in total. The van der Waals surface area contributed by atoms with Crippen molar-refractivity contribution in [3.63, 3.8) is 0 Å². The molecule has 4 heteroatoms. The van der Waals surface area contributed by atoms with Gasteiger partial charge in [0.15, 0.2) is 0 Å². The molecule has 70 valence electrons. The van der Waals surface area contributed by atoms with Gasteiger partial charge in [0.2, 0.25) is 5.91 Å². The Labute approximate surface area is 72.5 Å². The molecule has 1 aliphatic carbocycles. The maximum absolute atomic E-state index is 10.3. The minimum absolute atomic E-state index is 0.0664. The van der Waals surface area contributed by atoms with Crippen LogP contribution in [0.15, 0.2) is 0 Å². The summed E-state index contributed by atoms with van der Waals surface area (Å²) in [6.07, 6.45) is 2.36. The van der Waals surface area contributed by atoms with Crippen LogP contribution in [0.3, 0.4) is 0 Å². The van der Waals surface area contributed by atoms with Gasteiger partial charge in [-0.2, -0.15) is 0 Å². The van der Waals surface area contributed by atoms with Crippen LogP contribution in [0.4, 0.5) is 0 Å². The van der Waals surface area contributed by atoms with Gasteiger partial charge in [-0.15, -0.1) is 0 Å². The Morgan fingerprint density at radius 3 is 2.83 bits per heavy atom. The summed E-state index contributed by atoms with van der Waals surface area (Å²) in [6, 6.07) is 0. The maximum Gasteiger partial charge on any atom is 0.243 e. The Kier molecular flexibility index (Phi) is 3.49. The summed E-state index contributed by atoms with van der Waals surface area (Å²) in [7, 11) is 1.94. The van der Waals surface area contributed by atoms with E-state index in [0.29, 0.717) is 5.92 Å². The van der Waals surface area contributed by atoms with Crippen LogP contribution in [0.25, 0.3) is 0 Å². The molecule has 1 rings (SSSR count). The Hall–Kier alpha value is -0.610. The number of nitrogens with two attached hydrogens (primary N) is 1. The fraction of sp³-hybridized carbons (Fsp3) is 0.875. The van der Waals surface area contributed by atoms with Crippen LogP contribution in [0.5, 0.6) is 0 Å². The van der Waals surface area contributed by atoms with Crippen molar-refractivity contribution >= 4 is 5.91 Å². The van der Waals surface area contributed by atoms with Crippen LogP contribution in [0.1, 0.15) is 12.8 Å². The molecule has 0 unspecified atom stereocenters. The molecule has 0 aromatic heterocycles. The summed E-state index contributed by atoms with van der Waals surface area (Å²) >= 11 is 0. The van der Waals surface area contributed by atoms with E-state index in [2.05, 4.69) is 5.32 Å². The summed E-state index contributed by atoms with van der Waals surface area (Å²) in [5.74, 6) is 0.333. The van der Waals surface area contributed by atoms with Crippen molar-refractivity contribution in [2.24, 2.45) is 11.7 Å². The summed E-state index contributed by atoms with van der Waals surface area (Å²) < 4.78 is 5.21. The monoisotopic (exact) mass is 172 g/mol. The van der Waals surface area contributed by atoms with Crippen LogP contribution in [0.2, 0.25) is 0 Å². The molecule has 0 aromatic rings. The lowest BCUT2D eigenvalue weighted by atomic mass is 9.82. The molecule has 1 fully saturated rings. The number of carbonyl (C=O) groups excluding carboxylic acids is 1. The molecule has 0 heterocycles. The van der Waals surface area contributed by atoms with Gasteiger partial charge in [0, 0.05) is 0 Å². The van der Waals surface area contributed by atoms with Crippen LogP contribution in [-0.4, -0.2) is 32.2 Å². The Balaban J connectivity index is 1.98. The van der Waals surface area contributed by atoms with E-state index in [-0.39, 0.29) is 18.6 Å². The summed E-state index contributed by atoms with van der Waals surface area (Å²) in [6.45, 7) is 1.10. The van der Waals surface area contributed by atoms with Gasteiger partial charge in [0.25, 0.3) is 0 Å². The SMILES string of the molecule is CNCC1CC(OCC(N)=O)C1. The van der Waals surface area contributed by atoms with Crippen molar-refractivity contribution in [3.05, 3.63) is 0 Å². The third-order valence-corrected chi connectivity index (χ3v) is 2.15. The number of primary amides is 1. The Morgan fingerprint density at radius 2 is 2.33 bits per heavy atom.